The van der Waals surface area contributed by atoms with E-state index in [1.54, 1.807) is 0 Å². The maximum Gasteiger partial charge on any atom is 0.102 e. The second-order valence-corrected chi connectivity index (χ2v) is 7.03. The summed E-state index contributed by atoms with van der Waals surface area (Å²) in [5.74, 6) is 0. The molecule has 4 rings (SSSR count). The number of quaternary nitrogens is 1. The van der Waals surface area contributed by atoms with Crippen molar-refractivity contribution in [1.82, 2.24) is 4.40 Å². The van der Waals surface area contributed by atoms with Gasteiger partial charge in [0.1, 0.15) is 13.1 Å². The molecule has 1 aromatic carbocycles. The molecule has 1 aliphatic rings. The van der Waals surface area contributed by atoms with Gasteiger partial charge in [0.25, 0.3) is 0 Å². The van der Waals surface area contributed by atoms with Crippen molar-refractivity contribution in [2.75, 3.05) is 39.9 Å². The fraction of sp³-hybridized carbons (Fsp3) is 0.333. The summed E-state index contributed by atoms with van der Waals surface area (Å²) < 4.78 is 8.92. The summed E-state index contributed by atoms with van der Waals surface area (Å²) in [6.07, 6.45) is 5.52. The van der Waals surface area contributed by atoms with E-state index < -0.39 is 0 Å². The van der Waals surface area contributed by atoms with Gasteiger partial charge in [0.05, 0.1) is 26.8 Å². The Morgan fingerprint density at radius 3 is 2.54 bits per heavy atom. The lowest BCUT2D eigenvalue weighted by Crippen LogP contribution is -2.52. The van der Waals surface area contributed by atoms with Crippen molar-refractivity contribution in [3.05, 3.63) is 66.5 Å². The number of fused-ring (bicyclic) bond motifs is 1. The highest BCUT2D eigenvalue weighted by molar-refractivity contribution is 5.76. The fourth-order valence-electron chi connectivity index (χ4n) is 3.70. The van der Waals surface area contributed by atoms with Crippen molar-refractivity contribution in [2.45, 2.75) is 6.42 Å². The van der Waals surface area contributed by atoms with Crippen molar-refractivity contribution in [3.63, 3.8) is 0 Å². The van der Waals surface area contributed by atoms with Crippen LogP contribution in [-0.2, 0) is 11.2 Å². The molecule has 0 N–H and O–H groups in total. The summed E-state index contributed by atoms with van der Waals surface area (Å²) >= 11 is 0. The van der Waals surface area contributed by atoms with E-state index in [1.807, 2.05) is 0 Å². The van der Waals surface area contributed by atoms with Gasteiger partial charge in [-0.15, -0.1) is 0 Å². The van der Waals surface area contributed by atoms with E-state index in [4.69, 9.17) is 4.74 Å². The lowest BCUT2D eigenvalue weighted by Gasteiger charge is -2.37. The summed E-state index contributed by atoms with van der Waals surface area (Å²) in [4.78, 5) is 0. The predicted octanol–water partition coefficient (Wildman–Crippen LogP) is 3.63. The Morgan fingerprint density at radius 1 is 1.00 bits per heavy atom. The van der Waals surface area contributed by atoms with E-state index in [-0.39, 0.29) is 0 Å². The Labute approximate surface area is 143 Å². The van der Waals surface area contributed by atoms with Crippen LogP contribution in [0.3, 0.4) is 0 Å². The van der Waals surface area contributed by atoms with E-state index >= 15 is 0 Å². The minimum absolute atomic E-state index is 0.887. The van der Waals surface area contributed by atoms with Gasteiger partial charge in [-0.2, -0.15) is 0 Å². The molecular formula is C21H25N2O+. The largest absolute Gasteiger partial charge is 0.370 e. The van der Waals surface area contributed by atoms with E-state index in [0.29, 0.717) is 0 Å². The minimum Gasteiger partial charge on any atom is -0.370 e. The third-order valence-electron chi connectivity index (χ3n) is 5.33. The average molecular weight is 321 g/mol. The van der Waals surface area contributed by atoms with Crippen molar-refractivity contribution in [3.8, 4) is 11.1 Å². The van der Waals surface area contributed by atoms with Gasteiger partial charge in [0.2, 0.25) is 0 Å². The molecule has 0 saturated carbocycles. The zero-order valence-corrected chi connectivity index (χ0v) is 14.3. The van der Waals surface area contributed by atoms with Crippen LogP contribution >= 0.6 is 0 Å². The van der Waals surface area contributed by atoms with Crippen LogP contribution < -0.4 is 0 Å². The van der Waals surface area contributed by atoms with Crippen LogP contribution in [-0.4, -0.2) is 48.8 Å². The Bertz CT molecular complexity index is 816. The second kappa shape index (κ2) is 6.42. The highest BCUT2D eigenvalue weighted by Gasteiger charge is 2.26. The van der Waals surface area contributed by atoms with Gasteiger partial charge in [-0.1, -0.05) is 36.4 Å². The van der Waals surface area contributed by atoms with Gasteiger partial charge in [-0.05, 0) is 23.3 Å². The predicted molar refractivity (Wildman–Crippen MR) is 98.1 cm³/mol. The Balaban J connectivity index is 1.70. The monoisotopic (exact) mass is 321 g/mol. The SMILES string of the molecule is C[N+]1(CCc2c(-c3ccccc3)cn3ccccc23)CCOCC1. The smallest absolute Gasteiger partial charge is 0.102 e. The minimum atomic E-state index is 0.887. The number of morpholine rings is 1. The van der Waals surface area contributed by atoms with Crippen LogP contribution in [0.25, 0.3) is 16.6 Å². The topological polar surface area (TPSA) is 13.6 Å². The molecule has 124 valence electrons. The van der Waals surface area contributed by atoms with E-state index in [2.05, 4.69) is 72.4 Å². The number of aromatic nitrogens is 1. The van der Waals surface area contributed by atoms with Gasteiger partial charge in [0.15, 0.2) is 0 Å². The van der Waals surface area contributed by atoms with Crippen LogP contribution in [0.2, 0.25) is 0 Å². The zero-order valence-electron chi connectivity index (χ0n) is 14.3. The van der Waals surface area contributed by atoms with E-state index in [9.17, 15) is 0 Å². The molecule has 0 unspecified atom stereocenters. The number of hydrogen-bond donors (Lipinski definition) is 0. The van der Waals surface area contributed by atoms with E-state index in [0.717, 1.165) is 43.8 Å². The van der Waals surface area contributed by atoms with Crippen molar-refractivity contribution >= 4 is 5.52 Å². The number of nitrogens with zero attached hydrogens (tertiary/aromatic N) is 2. The third-order valence-corrected chi connectivity index (χ3v) is 5.33. The maximum absolute atomic E-state index is 5.55. The molecule has 0 bridgehead atoms. The number of pyridine rings is 1. The molecule has 3 nitrogen and oxygen atoms in total. The molecule has 2 aromatic heterocycles. The van der Waals surface area contributed by atoms with Gasteiger partial charge >= 0.3 is 0 Å². The second-order valence-electron chi connectivity index (χ2n) is 7.03. The highest BCUT2D eigenvalue weighted by atomic mass is 16.5. The maximum atomic E-state index is 5.55. The molecule has 24 heavy (non-hydrogen) atoms. The first-order valence-corrected chi connectivity index (χ1v) is 8.80. The first kappa shape index (κ1) is 15.4. The standard InChI is InChI=1S/C21H25N2O/c1-23(13-15-24-16-14-23)12-10-19-20(18-7-3-2-4-8-18)17-22-11-6-5-9-21(19)22/h2-9,11,17H,10,12-16H2,1H3/q+1. The lowest BCUT2D eigenvalue weighted by atomic mass is 10.0. The molecule has 3 aromatic rings. The Kier molecular flexibility index (Phi) is 4.13. The summed E-state index contributed by atoms with van der Waals surface area (Å²) in [6, 6.07) is 17.2. The molecular weight excluding hydrogens is 296 g/mol. The fourth-order valence-corrected chi connectivity index (χ4v) is 3.70. The molecule has 3 heterocycles. The lowest BCUT2D eigenvalue weighted by molar-refractivity contribution is -0.916. The zero-order chi connectivity index (χ0) is 16.4. The molecule has 1 saturated heterocycles. The molecule has 0 amide bonds. The molecule has 0 radical (unpaired) electrons. The molecule has 0 atom stereocenters. The number of hydrogen-bond acceptors (Lipinski definition) is 1. The molecule has 1 fully saturated rings. The number of benzene rings is 1. The highest BCUT2D eigenvalue weighted by Crippen LogP contribution is 2.30. The molecule has 1 aliphatic heterocycles. The van der Waals surface area contributed by atoms with Gasteiger partial charge in [0, 0.05) is 29.9 Å². The third kappa shape index (κ3) is 2.97. The quantitative estimate of drug-likeness (QED) is 0.669. The Hall–Kier alpha value is -2.10. The van der Waals surface area contributed by atoms with Crippen LogP contribution in [0.4, 0.5) is 0 Å². The average Bonchev–Trinajstić information content (AvgIpc) is 3.00. The van der Waals surface area contributed by atoms with Gasteiger partial charge in [-0.25, -0.2) is 0 Å². The van der Waals surface area contributed by atoms with Crippen LogP contribution in [0.5, 0.6) is 0 Å². The van der Waals surface area contributed by atoms with Crippen LogP contribution in [0.15, 0.2) is 60.9 Å². The summed E-state index contributed by atoms with van der Waals surface area (Å²) in [5, 5.41) is 0. The van der Waals surface area contributed by atoms with Crippen molar-refractivity contribution < 1.29 is 9.22 Å². The number of ether oxygens (including phenoxy) is 1. The van der Waals surface area contributed by atoms with Gasteiger partial charge < -0.3 is 13.6 Å². The normalized spacial score (nSPS) is 17.2. The van der Waals surface area contributed by atoms with Crippen LogP contribution in [0.1, 0.15) is 5.56 Å². The van der Waals surface area contributed by atoms with Crippen LogP contribution in [0, 0.1) is 0 Å². The van der Waals surface area contributed by atoms with Crippen molar-refractivity contribution in [1.29, 1.82) is 0 Å². The first-order chi connectivity index (χ1) is 11.8. The number of rotatable bonds is 4. The van der Waals surface area contributed by atoms with E-state index in [1.165, 1.54) is 22.2 Å². The summed E-state index contributed by atoms with van der Waals surface area (Å²) in [6.45, 7) is 5.17. The van der Waals surface area contributed by atoms with Gasteiger partial charge in [-0.3, -0.25) is 0 Å². The van der Waals surface area contributed by atoms with Crippen molar-refractivity contribution in [2.24, 2.45) is 0 Å². The molecule has 0 aliphatic carbocycles. The molecule has 3 heteroatoms. The summed E-state index contributed by atoms with van der Waals surface area (Å²) in [5.41, 5.74) is 5.46. The first-order valence-electron chi connectivity index (χ1n) is 8.80. The summed E-state index contributed by atoms with van der Waals surface area (Å²) in [7, 11) is 2.36. The number of likely N-dealkylation sites (N-methyl/N-ethyl adjacent to an activating group) is 1. The molecule has 0 spiro atoms. The Morgan fingerprint density at radius 2 is 1.75 bits per heavy atom.